The summed E-state index contributed by atoms with van der Waals surface area (Å²) in [6.07, 6.45) is 0.635. The van der Waals surface area contributed by atoms with Gasteiger partial charge in [0.05, 0.1) is 39.0 Å². The number of carbonyl (C=O) groups is 2. The molecule has 1 fully saturated rings. The Labute approximate surface area is 201 Å². The topological polar surface area (TPSA) is 98.6 Å². The number of nitrogens with one attached hydrogen (secondary N) is 1. The first-order valence-electron chi connectivity index (χ1n) is 11.4. The number of halogens is 1. The summed E-state index contributed by atoms with van der Waals surface area (Å²) < 4.78 is 27.0. The molecule has 0 bridgehead atoms. The second-order valence-electron chi connectivity index (χ2n) is 8.99. The first-order valence-corrected chi connectivity index (χ1v) is 11.4. The van der Waals surface area contributed by atoms with Crippen molar-refractivity contribution in [1.29, 1.82) is 0 Å². The zero-order chi connectivity index (χ0) is 24.6. The highest BCUT2D eigenvalue weighted by Crippen LogP contribution is 2.33. The van der Waals surface area contributed by atoms with E-state index >= 15 is 0 Å². The Hall–Kier alpha value is -3.79. The minimum Gasteiger partial charge on any atom is -0.494 e. The number of rotatable bonds is 5. The SMILES string of the molecule is COc1ccc(C(=O)N2CCC3(C2)Cn2nnc(CNC(=O)c4cccc(C)c4)c2CO3)cc1F. The van der Waals surface area contributed by atoms with Crippen LogP contribution in [0, 0.1) is 12.7 Å². The van der Waals surface area contributed by atoms with E-state index in [-0.39, 0.29) is 36.3 Å². The van der Waals surface area contributed by atoms with E-state index in [9.17, 15) is 14.0 Å². The quantitative estimate of drug-likeness (QED) is 0.604. The number of amides is 2. The molecule has 2 aliphatic heterocycles. The number of fused-ring (bicyclic) bond motifs is 1. The zero-order valence-electron chi connectivity index (χ0n) is 19.6. The van der Waals surface area contributed by atoms with Crippen LogP contribution in [0.3, 0.4) is 0 Å². The van der Waals surface area contributed by atoms with Crippen molar-refractivity contribution in [2.45, 2.75) is 38.6 Å². The van der Waals surface area contributed by atoms with Crippen LogP contribution in [0.5, 0.6) is 5.75 Å². The van der Waals surface area contributed by atoms with E-state index in [1.807, 2.05) is 25.1 Å². The average molecular weight is 480 g/mol. The summed E-state index contributed by atoms with van der Waals surface area (Å²) in [5, 5.41) is 11.4. The molecule has 1 atom stereocenters. The maximum atomic E-state index is 14.1. The third kappa shape index (κ3) is 4.49. The summed E-state index contributed by atoms with van der Waals surface area (Å²) in [6, 6.07) is 11.6. The van der Waals surface area contributed by atoms with Gasteiger partial charge >= 0.3 is 0 Å². The standard InChI is InChI=1S/C25H26FN5O4/c1-16-4-3-5-17(10-16)23(32)27-12-20-21-13-35-25(15-31(21)29-28-20)8-9-30(14-25)24(33)18-6-7-22(34-2)19(26)11-18/h3-7,10-11H,8-9,12-15H2,1-2H3,(H,27,32). The lowest BCUT2D eigenvalue weighted by Gasteiger charge is -2.34. The second kappa shape index (κ2) is 9.10. The van der Waals surface area contributed by atoms with Crippen molar-refractivity contribution in [3.8, 4) is 5.75 Å². The number of aryl methyl sites for hydroxylation is 1. The molecule has 2 amide bonds. The third-order valence-electron chi connectivity index (χ3n) is 6.57. The summed E-state index contributed by atoms with van der Waals surface area (Å²) in [5.74, 6) is -0.908. The Morgan fingerprint density at radius 1 is 1.20 bits per heavy atom. The molecule has 0 aliphatic carbocycles. The van der Waals surface area contributed by atoms with Crippen LogP contribution in [0.4, 0.5) is 4.39 Å². The van der Waals surface area contributed by atoms with Gasteiger partial charge in [-0.2, -0.15) is 0 Å². The Bertz CT molecular complexity index is 1290. The Balaban J connectivity index is 1.23. The van der Waals surface area contributed by atoms with Crippen molar-refractivity contribution in [1.82, 2.24) is 25.2 Å². The maximum absolute atomic E-state index is 14.1. The summed E-state index contributed by atoms with van der Waals surface area (Å²) in [5.41, 5.74) is 2.75. The minimum atomic E-state index is -0.580. The van der Waals surface area contributed by atoms with Crippen molar-refractivity contribution in [3.63, 3.8) is 0 Å². The lowest BCUT2D eigenvalue weighted by atomic mass is 10.0. The highest BCUT2D eigenvalue weighted by molar-refractivity contribution is 5.95. The largest absolute Gasteiger partial charge is 0.494 e. The fraction of sp³-hybridized carbons (Fsp3) is 0.360. The van der Waals surface area contributed by atoms with Crippen LogP contribution < -0.4 is 10.1 Å². The monoisotopic (exact) mass is 479 g/mol. The van der Waals surface area contributed by atoms with E-state index < -0.39 is 11.4 Å². The van der Waals surface area contributed by atoms with Gasteiger partial charge in [-0.25, -0.2) is 9.07 Å². The van der Waals surface area contributed by atoms with Gasteiger partial charge in [0.15, 0.2) is 11.6 Å². The van der Waals surface area contributed by atoms with E-state index in [1.54, 1.807) is 21.7 Å². The number of nitrogens with zero attached hydrogens (tertiary/aromatic N) is 4. The van der Waals surface area contributed by atoms with Crippen LogP contribution in [0.1, 0.15) is 44.1 Å². The van der Waals surface area contributed by atoms with E-state index in [1.165, 1.54) is 19.2 Å². The van der Waals surface area contributed by atoms with Gasteiger partial charge in [-0.3, -0.25) is 9.59 Å². The van der Waals surface area contributed by atoms with Gasteiger partial charge in [-0.05, 0) is 43.7 Å². The minimum absolute atomic E-state index is 0.0969. The van der Waals surface area contributed by atoms with Crippen molar-refractivity contribution in [2.75, 3.05) is 20.2 Å². The highest BCUT2D eigenvalue weighted by Gasteiger charge is 2.45. The van der Waals surface area contributed by atoms with Crippen LogP contribution in [-0.4, -0.2) is 57.5 Å². The fourth-order valence-corrected chi connectivity index (χ4v) is 4.63. The molecular weight excluding hydrogens is 453 g/mol. The van der Waals surface area contributed by atoms with Gasteiger partial charge in [0.25, 0.3) is 11.8 Å². The molecule has 5 rings (SSSR count). The predicted molar refractivity (Wildman–Crippen MR) is 123 cm³/mol. The second-order valence-corrected chi connectivity index (χ2v) is 8.99. The van der Waals surface area contributed by atoms with Crippen LogP contribution in [0.2, 0.25) is 0 Å². The van der Waals surface area contributed by atoms with Crippen LogP contribution in [0.15, 0.2) is 42.5 Å². The number of likely N-dealkylation sites (tertiary alicyclic amines) is 1. The number of benzene rings is 2. The molecule has 3 heterocycles. The average Bonchev–Trinajstić information content (AvgIpc) is 3.46. The fourth-order valence-electron chi connectivity index (χ4n) is 4.63. The number of hydrogen-bond acceptors (Lipinski definition) is 6. The molecule has 1 unspecified atom stereocenters. The van der Waals surface area contributed by atoms with Crippen molar-refractivity contribution in [2.24, 2.45) is 0 Å². The lowest BCUT2D eigenvalue weighted by Crippen LogP contribution is -2.45. The summed E-state index contributed by atoms with van der Waals surface area (Å²) >= 11 is 0. The summed E-state index contributed by atoms with van der Waals surface area (Å²) in [6.45, 7) is 3.77. The number of carbonyl (C=O) groups excluding carboxylic acids is 2. The Morgan fingerprint density at radius 2 is 2.06 bits per heavy atom. The first-order chi connectivity index (χ1) is 16.9. The van der Waals surface area contributed by atoms with Gasteiger partial charge in [0.2, 0.25) is 0 Å². The molecule has 1 aromatic heterocycles. The maximum Gasteiger partial charge on any atom is 0.254 e. The molecule has 1 spiro atoms. The molecule has 0 radical (unpaired) electrons. The molecule has 9 nitrogen and oxygen atoms in total. The van der Waals surface area contributed by atoms with E-state index in [4.69, 9.17) is 9.47 Å². The molecule has 3 aromatic rings. The third-order valence-corrected chi connectivity index (χ3v) is 6.57. The molecule has 2 aromatic carbocycles. The highest BCUT2D eigenvalue weighted by atomic mass is 19.1. The molecule has 1 saturated heterocycles. The van der Waals surface area contributed by atoms with Gasteiger partial charge in [-0.15, -0.1) is 5.10 Å². The smallest absolute Gasteiger partial charge is 0.254 e. The molecule has 1 N–H and O–H groups in total. The number of methoxy groups -OCH3 is 1. The molecule has 10 heteroatoms. The molecule has 0 saturated carbocycles. The molecule has 2 aliphatic rings. The van der Waals surface area contributed by atoms with Gasteiger partial charge in [0.1, 0.15) is 11.3 Å². The van der Waals surface area contributed by atoms with E-state index in [0.717, 1.165) is 11.3 Å². The molecular formula is C25H26FN5O4. The van der Waals surface area contributed by atoms with Crippen molar-refractivity contribution < 1.29 is 23.5 Å². The van der Waals surface area contributed by atoms with Crippen molar-refractivity contribution >= 4 is 11.8 Å². The number of hydrogen-bond donors (Lipinski definition) is 1. The molecule has 35 heavy (non-hydrogen) atoms. The van der Waals surface area contributed by atoms with Crippen LogP contribution >= 0.6 is 0 Å². The van der Waals surface area contributed by atoms with Crippen LogP contribution in [0.25, 0.3) is 0 Å². The number of ether oxygens (including phenoxy) is 2. The number of aromatic nitrogens is 3. The predicted octanol–water partition coefficient (Wildman–Crippen LogP) is 2.48. The van der Waals surface area contributed by atoms with E-state index in [2.05, 4.69) is 15.6 Å². The van der Waals surface area contributed by atoms with Gasteiger partial charge in [0, 0.05) is 17.7 Å². The Kier molecular flexibility index (Phi) is 5.98. The molecule has 182 valence electrons. The van der Waals surface area contributed by atoms with Gasteiger partial charge < -0.3 is 19.7 Å². The zero-order valence-corrected chi connectivity index (χ0v) is 19.6. The first kappa shape index (κ1) is 23.0. The lowest BCUT2D eigenvalue weighted by molar-refractivity contribution is -0.0828. The summed E-state index contributed by atoms with van der Waals surface area (Å²) in [4.78, 5) is 27.1. The van der Waals surface area contributed by atoms with E-state index in [0.29, 0.717) is 37.3 Å². The Morgan fingerprint density at radius 3 is 2.83 bits per heavy atom. The van der Waals surface area contributed by atoms with Crippen LogP contribution in [-0.2, 0) is 24.4 Å². The van der Waals surface area contributed by atoms with Gasteiger partial charge in [-0.1, -0.05) is 22.9 Å². The normalized spacial score (nSPS) is 19.0. The van der Waals surface area contributed by atoms with Crippen molar-refractivity contribution in [3.05, 3.63) is 76.4 Å². The summed E-state index contributed by atoms with van der Waals surface area (Å²) in [7, 11) is 1.38.